The molecular weight excluding hydrogens is 435 g/mol. The van der Waals surface area contributed by atoms with Crippen molar-refractivity contribution in [2.75, 3.05) is 16.4 Å². The van der Waals surface area contributed by atoms with Crippen LogP contribution < -0.4 is 4.90 Å². The van der Waals surface area contributed by atoms with Crippen molar-refractivity contribution in [3.63, 3.8) is 0 Å². The van der Waals surface area contributed by atoms with Crippen LogP contribution in [-0.2, 0) is 21.1 Å². The van der Waals surface area contributed by atoms with Gasteiger partial charge in [-0.05, 0) is 30.7 Å². The highest BCUT2D eigenvalue weighted by Gasteiger charge is 2.49. The quantitative estimate of drug-likeness (QED) is 0.711. The van der Waals surface area contributed by atoms with Crippen molar-refractivity contribution < 1.29 is 17.6 Å². The molecule has 2 heterocycles. The summed E-state index contributed by atoms with van der Waals surface area (Å²) in [6, 6.07) is 11.5. The van der Waals surface area contributed by atoms with Gasteiger partial charge in [0.25, 0.3) is 5.91 Å². The van der Waals surface area contributed by atoms with E-state index in [-0.39, 0.29) is 40.1 Å². The number of hydrogen-bond acceptors (Lipinski definition) is 4. The lowest BCUT2D eigenvalue weighted by molar-refractivity contribution is -0.117. The summed E-state index contributed by atoms with van der Waals surface area (Å²) in [5.41, 5.74) is 2.44. The Hall–Kier alpha value is -1.90. The van der Waals surface area contributed by atoms with Crippen LogP contribution in [0.4, 0.5) is 10.1 Å². The van der Waals surface area contributed by atoms with Gasteiger partial charge >= 0.3 is 0 Å². The summed E-state index contributed by atoms with van der Waals surface area (Å²) < 4.78 is 37.8. The van der Waals surface area contributed by atoms with Crippen LogP contribution in [0.15, 0.2) is 47.5 Å². The normalized spacial score (nSPS) is 24.1. The fourth-order valence-corrected chi connectivity index (χ4v) is 7.75. The van der Waals surface area contributed by atoms with E-state index < -0.39 is 15.7 Å². The topological polar surface area (TPSA) is 66.8 Å². The number of halogens is 2. The molecule has 0 bridgehead atoms. The van der Waals surface area contributed by atoms with E-state index in [2.05, 4.69) is 4.99 Å². The summed E-state index contributed by atoms with van der Waals surface area (Å²) in [5.74, 6) is -0.894. The summed E-state index contributed by atoms with van der Waals surface area (Å²) >= 11 is 7.21. The van der Waals surface area contributed by atoms with Crippen molar-refractivity contribution in [2.24, 2.45) is 4.99 Å². The Morgan fingerprint density at radius 1 is 1.28 bits per heavy atom. The van der Waals surface area contributed by atoms with Crippen LogP contribution in [0, 0.1) is 12.7 Å². The van der Waals surface area contributed by atoms with Crippen molar-refractivity contribution in [3.8, 4) is 0 Å². The van der Waals surface area contributed by atoms with Gasteiger partial charge in [0.1, 0.15) is 5.82 Å². The second-order valence-corrected chi connectivity index (χ2v) is 11.0. The number of amidine groups is 1. The maximum Gasteiger partial charge on any atom is 0.252 e. The highest BCUT2D eigenvalue weighted by Crippen LogP contribution is 2.41. The molecule has 0 saturated carbocycles. The number of sulfone groups is 1. The van der Waals surface area contributed by atoms with Crippen molar-refractivity contribution in [1.29, 1.82) is 0 Å². The van der Waals surface area contributed by atoms with E-state index in [9.17, 15) is 17.6 Å². The van der Waals surface area contributed by atoms with Gasteiger partial charge in [0.05, 0.1) is 29.0 Å². The molecular formula is C20H18ClFN2O3S2. The molecule has 2 aliphatic heterocycles. The molecule has 2 aliphatic rings. The van der Waals surface area contributed by atoms with E-state index in [1.54, 1.807) is 4.90 Å². The predicted molar refractivity (Wildman–Crippen MR) is 115 cm³/mol. The molecule has 1 amide bonds. The molecule has 2 aromatic rings. The number of benzene rings is 2. The van der Waals surface area contributed by atoms with E-state index in [1.807, 2.05) is 31.2 Å². The summed E-state index contributed by atoms with van der Waals surface area (Å²) in [6.07, 6.45) is 0.150. The van der Waals surface area contributed by atoms with E-state index in [0.29, 0.717) is 10.9 Å². The van der Waals surface area contributed by atoms with E-state index in [1.165, 1.54) is 30.0 Å². The van der Waals surface area contributed by atoms with Gasteiger partial charge < -0.3 is 4.90 Å². The predicted octanol–water partition coefficient (Wildman–Crippen LogP) is 3.63. The fraction of sp³-hybridized carbons (Fsp3) is 0.300. The van der Waals surface area contributed by atoms with Gasteiger partial charge in [0.15, 0.2) is 15.0 Å². The third-order valence-corrected chi connectivity index (χ3v) is 8.41. The molecule has 0 unspecified atom stereocenters. The first kappa shape index (κ1) is 20.4. The molecule has 4 rings (SSSR count). The minimum Gasteiger partial charge on any atom is -0.316 e. The smallest absolute Gasteiger partial charge is 0.252 e. The Labute approximate surface area is 177 Å². The first-order valence-electron chi connectivity index (χ1n) is 9.00. The van der Waals surface area contributed by atoms with Crippen LogP contribution in [0.25, 0.3) is 0 Å². The van der Waals surface area contributed by atoms with Crippen LogP contribution in [0.1, 0.15) is 11.1 Å². The van der Waals surface area contributed by atoms with Crippen LogP contribution >= 0.6 is 23.4 Å². The number of anilines is 1. The Bertz CT molecular complexity index is 1120. The molecule has 2 aromatic carbocycles. The van der Waals surface area contributed by atoms with Gasteiger partial charge in [0, 0.05) is 10.9 Å². The van der Waals surface area contributed by atoms with E-state index in [0.717, 1.165) is 11.1 Å². The Morgan fingerprint density at radius 3 is 2.79 bits per heavy atom. The lowest BCUT2D eigenvalue weighted by Gasteiger charge is -2.24. The number of fused-ring (bicyclic) bond motifs is 1. The molecule has 2 saturated heterocycles. The standard InChI is InChI=1S/C20H18ClFN2O3S2/c1-12-3-2-4-13(7-12)8-19(25)23-20-24(14-5-6-16(22)15(21)9-14)17-10-29(26,27)11-18(17)28-20/h2-7,9,17-18H,8,10-11H2,1H3/t17-,18+/m0/s1. The second-order valence-electron chi connectivity index (χ2n) is 7.22. The van der Waals surface area contributed by atoms with Gasteiger partial charge in [-0.2, -0.15) is 4.99 Å². The average molecular weight is 453 g/mol. The van der Waals surface area contributed by atoms with Crippen LogP contribution in [0.3, 0.4) is 0 Å². The maximum absolute atomic E-state index is 13.6. The van der Waals surface area contributed by atoms with Crippen molar-refractivity contribution in [1.82, 2.24) is 0 Å². The highest BCUT2D eigenvalue weighted by molar-refractivity contribution is 8.16. The molecule has 29 heavy (non-hydrogen) atoms. The van der Waals surface area contributed by atoms with Gasteiger partial charge in [-0.3, -0.25) is 4.79 Å². The van der Waals surface area contributed by atoms with Crippen molar-refractivity contribution >= 4 is 50.0 Å². The Balaban J connectivity index is 1.66. The number of carbonyl (C=O) groups excluding carboxylic acids is 1. The number of carbonyl (C=O) groups is 1. The first-order chi connectivity index (χ1) is 13.7. The van der Waals surface area contributed by atoms with Gasteiger partial charge in [-0.1, -0.05) is 53.2 Å². The summed E-state index contributed by atoms with van der Waals surface area (Å²) in [4.78, 5) is 18.6. The number of aryl methyl sites for hydroxylation is 1. The van der Waals surface area contributed by atoms with E-state index >= 15 is 0 Å². The summed E-state index contributed by atoms with van der Waals surface area (Å²) in [6.45, 7) is 1.95. The molecule has 0 spiro atoms. The van der Waals surface area contributed by atoms with E-state index in [4.69, 9.17) is 11.6 Å². The third kappa shape index (κ3) is 4.34. The van der Waals surface area contributed by atoms with Crippen LogP contribution in [0.5, 0.6) is 0 Å². The highest BCUT2D eigenvalue weighted by atomic mass is 35.5. The molecule has 0 aromatic heterocycles. The Morgan fingerprint density at radius 2 is 2.07 bits per heavy atom. The lowest BCUT2D eigenvalue weighted by atomic mass is 10.1. The average Bonchev–Trinajstić information content (AvgIpc) is 3.08. The fourth-order valence-electron chi connectivity index (χ4n) is 3.64. The Kier molecular flexibility index (Phi) is 5.44. The number of nitrogens with zero attached hydrogens (tertiary/aromatic N) is 2. The zero-order valence-corrected chi connectivity index (χ0v) is 17.9. The largest absolute Gasteiger partial charge is 0.316 e. The molecule has 0 N–H and O–H groups in total. The van der Waals surface area contributed by atoms with Crippen LogP contribution in [-0.4, -0.2) is 42.3 Å². The monoisotopic (exact) mass is 452 g/mol. The number of aliphatic imine (C=N–C) groups is 1. The zero-order valence-electron chi connectivity index (χ0n) is 15.5. The van der Waals surface area contributed by atoms with Crippen molar-refractivity contribution in [3.05, 3.63) is 64.4 Å². The lowest BCUT2D eigenvalue weighted by Crippen LogP contribution is -2.37. The molecule has 0 aliphatic carbocycles. The number of amides is 1. The second kappa shape index (κ2) is 7.74. The molecule has 5 nitrogen and oxygen atoms in total. The van der Waals surface area contributed by atoms with Gasteiger partial charge in [-0.15, -0.1) is 0 Å². The number of rotatable bonds is 3. The van der Waals surface area contributed by atoms with Crippen LogP contribution in [0.2, 0.25) is 5.02 Å². The molecule has 2 atom stereocenters. The first-order valence-corrected chi connectivity index (χ1v) is 12.1. The van der Waals surface area contributed by atoms with Gasteiger partial charge in [-0.25, -0.2) is 12.8 Å². The number of hydrogen-bond donors (Lipinski definition) is 0. The molecule has 2 fully saturated rings. The SMILES string of the molecule is Cc1cccc(CC(=O)N=C2S[C@@H]3CS(=O)(=O)C[C@@H]3N2c2ccc(F)c(Cl)c2)c1. The zero-order chi connectivity index (χ0) is 20.8. The summed E-state index contributed by atoms with van der Waals surface area (Å²) in [5, 5.41) is 0.131. The molecule has 152 valence electrons. The molecule has 9 heteroatoms. The third-order valence-electron chi connectivity index (χ3n) is 4.91. The number of thioether (sulfide) groups is 1. The minimum atomic E-state index is -3.18. The van der Waals surface area contributed by atoms with Crippen molar-refractivity contribution in [2.45, 2.75) is 24.6 Å². The maximum atomic E-state index is 13.6. The van der Waals surface area contributed by atoms with Gasteiger partial charge in [0.2, 0.25) is 0 Å². The summed E-state index contributed by atoms with van der Waals surface area (Å²) in [7, 11) is -3.18. The molecule has 0 radical (unpaired) electrons. The minimum absolute atomic E-state index is 0.0266.